The SMILES string of the molecule is CCOc1ccccc1CNC(=O)c1ccc(C)nc1C1CCN(C(=O)c2ccc3nc(C)[nH]c3c2)CC1. The molecule has 1 aliphatic heterocycles. The number of hydrogen-bond donors (Lipinski definition) is 2. The zero-order valence-corrected chi connectivity index (χ0v) is 22.1. The molecule has 8 nitrogen and oxygen atoms in total. The highest BCUT2D eigenvalue weighted by molar-refractivity contribution is 5.97. The molecular formula is C30H33N5O3. The lowest BCUT2D eigenvalue weighted by Gasteiger charge is -2.32. The van der Waals surface area contributed by atoms with Gasteiger partial charge in [0.1, 0.15) is 11.6 Å². The number of nitrogens with one attached hydrogen (secondary N) is 2. The molecule has 2 aromatic carbocycles. The monoisotopic (exact) mass is 511 g/mol. The van der Waals surface area contributed by atoms with Crippen molar-refractivity contribution in [2.45, 2.75) is 46.1 Å². The van der Waals surface area contributed by atoms with Crippen LogP contribution in [0.1, 0.15) is 69.2 Å². The van der Waals surface area contributed by atoms with Gasteiger partial charge in [-0.05, 0) is 70.0 Å². The molecule has 0 radical (unpaired) electrons. The van der Waals surface area contributed by atoms with Gasteiger partial charge >= 0.3 is 0 Å². The van der Waals surface area contributed by atoms with E-state index in [2.05, 4.69) is 15.3 Å². The summed E-state index contributed by atoms with van der Waals surface area (Å²) in [6, 6.07) is 17.1. The molecule has 2 N–H and O–H groups in total. The maximum atomic E-state index is 13.3. The molecule has 3 heterocycles. The Morgan fingerprint density at radius 2 is 1.84 bits per heavy atom. The molecule has 0 saturated carbocycles. The van der Waals surface area contributed by atoms with Crippen LogP contribution in [0.25, 0.3) is 11.0 Å². The predicted molar refractivity (Wildman–Crippen MR) is 146 cm³/mol. The fourth-order valence-electron chi connectivity index (χ4n) is 5.11. The van der Waals surface area contributed by atoms with E-state index in [-0.39, 0.29) is 17.7 Å². The van der Waals surface area contributed by atoms with Crippen molar-refractivity contribution >= 4 is 22.8 Å². The van der Waals surface area contributed by atoms with Crippen molar-refractivity contribution in [2.24, 2.45) is 0 Å². The summed E-state index contributed by atoms with van der Waals surface area (Å²) in [6.07, 6.45) is 1.50. The van der Waals surface area contributed by atoms with Crippen LogP contribution >= 0.6 is 0 Å². The van der Waals surface area contributed by atoms with Gasteiger partial charge in [-0.1, -0.05) is 18.2 Å². The Hall–Kier alpha value is -4.20. The number of para-hydroxylation sites is 1. The van der Waals surface area contributed by atoms with Crippen LogP contribution in [0.3, 0.4) is 0 Å². The molecule has 0 spiro atoms. The van der Waals surface area contributed by atoms with E-state index >= 15 is 0 Å². The fraction of sp³-hybridized carbons (Fsp3) is 0.333. The Morgan fingerprint density at radius 1 is 1.05 bits per heavy atom. The van der Waals surface area contributed by atoms with Gasteiger partial charge in [-0.3, -0.25) is 14.6 Å². The van der Waals surface area contributed by atoms with Gasteiger partial charge in [0, 0.05) is 42.4 Å². The molecule has 2 aromatic heterocycles. The summed E-state index contributed by atoms with van der Waals surface area (Å²) in [5.41, 5.74) is 5.58. The average molecular weight is 512 g/mol. The van der Waals surface area contributed by atoms with Gasteiger partial charge in [0.2, 0.25) is 0 Å². The first kappa shape index (κ1) is 25.4. The highest BCUT2D eigenvalue weighted by atomic mass is 16.5. The van der Waals surface area contributed by atoms with E-state index in [4.69, 9.17) is 9.72 Å². The summed E-state index contributed by atoms with van der Waals surface area (Å²) in [6.45, 7) is 7.95. The summed E-state index contributed by atoms with van der Waals surface area (Å²) in [5, 5.41) is 3.05. The topological polar surface area (TPSA) is 100 Å². The highest BCUT2D eigenvalue weighted by Crippen LogP contribution is 2.30. The first-order chi connectivity index (χ1) is 18.4. The number of piperidine rings is 1. The van der Waals surface area contributed by atoms with E-state index in [1.807, 2.05) is 80.3 Å². The third kappa shape index (κ3) is 5.39. The number of carbonyl (C=O) groups is 2. The number of nitrogens with zero attached hydrogens (tertiary/aromatic N) is 3. The maximum Gasteiger partial charge on any atom is 0.253 e. The van der Waals surface area contributed by atoms with Crippen molar-refractivity contribution in [1.29, 1.82) is 0 Å². The van der Waals surface area contributed by atoms with E-state index in [1.54, 1.807) is 0 Å². The van der Waals surface area contributed by atoms with Crippen molar-refractivity contribution in [3.63, 3.8) is 0 Å². The Balaban J connectivity index is 1.26. The number of aromatic amines is 1. The minimum Gasteiger partial charge on any atom is -0.494 e. The standard InChI is InChI=1S/C30H33N5O3/c1-4-38-27-8-6-5-7-23(27)18-31-29(36)24-11-9-19(2)32-28(24)21-13-15-35(16-14-21)30(37)22-10-12-25-26(17-22)34-20(3)33-25/h5-12,17,21H,4,13-16,18H2,1-3H3,(H,31,36)(H,33,34). The minimum absolute atomic E-state index is 0.0146. The quantitative estimate of drug-likeness (QED) is 0.367. The number of H-pyrrole nitrogens is 1. The first-order valence-corrected chi connectivity index (χ1v) is 13.1. The van der Waals surface area contributed by atoms with E-state index in [0.717, 1.165) is 52.4 Å². The van der Waals surface area contributed by atoms with Gasteiger partial charge < -0.3 is 19.9 Å². The van der Waals surface area contributed by atoms with Crippen LogP contribution < -0.4 is 10.1 Å². The van der Waals surface area contributed by atoms with E-state index in [0.29, 0.717) is 37.4 Å². The first-order valence-electron chi connectivity index (χ1n) is 13.1. The van der Waals surface area contributed by atoms with Gasteiger partial charge in [0.05, 0.1) is 28.9 Å². The van der Waals surface area contributed by atoms with Crippen LogP contribution in [0.2, 0.25) is 0 Å². The Labute approximate surface area is 222 Å². The van der Waals surface area contributed by atoms with E-state index in [1.165, 1.54) is 0 Å². The molecule has 0 atom stereocenters. The number of carbonyl (C=O) groups excluding carboxylic acids is 2. The molecule has 0 bridgehead atoms. The third-order valence-electron chi connectivity index (χ3n) is 7.04. The summed E-state index contributed by atoms with van der Waals surface area (Å²) in [4.78, 5) is 40.8. The fourth-order valence-corrected chi connectivity index (χ4v) is 5.11. The second kappa shape index (κ2) is 11.0. The molecular weight excluding hydrogens is 478 g/mol. The number of aryl methyl sites for hydroxylation is 2. The zero-order chi connectivity index (χ0) is 26.6. The number of rotatable bonds is 7. The molecule has 8 heteroatoms. The number of imidazole rings is 1. The maximum absolute atomic E-state index is 13.3. The molecule has 38 heavy (non-hydrogen) atoms. The number of hydrogen-bond acceptors (Lipinski definition) is 5. The zero-order valence-electron chi connectivity index (χ0n) is 22.1. The van der Waals surface area contributed by atoms with E-state index < -0.39 is 0 Å². The largest absolute Gasteiger partial charge is 0.494 e. The average Bonchev–Trinajstić information content (AvgIpc) is 3.31. The number of benzene rings is 2. The van der Waals surface area contributed by atoms with Crippen LogP contribution in [0, 0.1) is 13.8 Å². The number of amides is 2. The second-order valence-corrected chi connectivity index (χ2v) is 9.73. The van der Waals surface area contributed by atoms with Crippen molar-refractivity contribution < 1.29 is 14.3 Å². The van der Waals surface area contributed by atoms with Crippen molar-refractivity contribution in [3.05, 3.63) is 88.5 Å². The second-order valence-electron chi connectivity index (χ2n) is 9.73. The van der Waals surface area contributed by atoms with E-state index in [9.17, 15) is 9.59 Å². The number of ether oxygens (including phenoxy) is 1. The van der Waals surface area contributed by atoms with Crippen LogP contribution in [-0.4, -0.2) is 51.4 Å². The van der Waals surface area contributed by atoms with Gasteiger partial charge in [0.15, 0.2) is 0 Å². The van der Waals surface area contributed by atoms with Crippen molar-refractivity contribution in [1.82, 2.24) is 25.2 Å². The number of pyridine rings is 1. The molecule has 0 aliphatic carbocycles. The molecule has 196 valence electrons. The van der Waals surface area contributed by atoms with Crippen molar-refractivity contribution in [3.8, 4) is 5.75 Å². The smallest absolute Gasteiger partial charge is 0.253 e. The van der Waals surface area contributed by atoms with Crippen LogP contribution in [0.5, 0.6) is 5.75 Å². The summed E-state index contributed by atoms with van der Waals surface area (Å²) in [7, 11) is 0. The Morgan fingerprint density at radius 3 is 2.63 bits per heavy atom. The molecule has 0 unspecified atom stereocenters. The van der Waals surface area contributed by atoms with Gasteiger partial charge in [-0.2, -0.15) is 0 Å². The Kier molecular flexibility index (Phi) is 7.40. The Bertz CT molecular complexity index is 1470. The summed E-state index contributed by atoms with van der Waals surface area (Å²) < 4.78 is 5.69. The number of fused-ring (bicyclic) bond motifs is 1. The van der Waals surface area contributed by atoms with Gasteiger partial charge in [-0.25, -0.2) is 4.98 Å². The number of likely N-dealkylation sites (tertiary alicyclic amines) is 1. The molecule has 5 rings (SSSR count). The third-order valence-corrected chi connectivity index (χ3v) is 7.04. The van der Waals surface area contributed by atoms with Gasteiger partial charge in [-0.15, -0.1) is 0 Å². The molecule has 1 saturated heterocycles. The lowest BCUT2D eigenvalue weighted by molar-refractivity contribution is 0.0710. The summed E-state index contributed by atoms with van der Waals surface area (Å²) in [5.74, 6) is 1.57. The molecule has 2 amide bonds. The highest BCUT2D eigenvalue weighted by Gasteiger charge is 2.28. The molecule has 4 aromatic rings. The van der Waals surface area contributed by atoms with Crippen LogP contribution in [0.4, 0.5) is 0 Å². The van der Waals surface area contributed by atoms with Crippen LogP contribution in [-0.2, 0) is 6.54 Å². The van der Waals surface area contributed by atoms with Crippen molar-refractivity contribution in [2.75, 3.05) is 19.7 Å². The summed E-state index contributed by atoms with van der Waals surface area (Å²) >= 11 is 0. The molecule has 1 aliphatic rings. The van der Waals surface area contributed by atoms with Crippen LogP contribution in [0.15, 0.2) is 54.6 Å². The predicted octanol–water partition coefficient (Wildman–Crippen LogP) is 4.92. The molecule has 1 fully saturated rings. The number of aromatic nitrogens is 3. The lowest BCUT2D eigenvalue weighted by Crippen LogP contribution is -2.38. The minimum atomic E-state index is -0.152. The normalized spacial score (nSPS) is 14.0. The van der Waals surface area contributed by atoms with Gasteiger partial charge in [0.25, 0.3) is 11.8 Å². The lowest BCUT2D eigenvalue weighted by atomic mass is 9.89.